The maximum atomic E-state index is 6.27. The Morgan fingerprint density at radius 2 is 1.79 bits per heavy atom. The molecule has 0 saturated carbocycles. The number of aromatic nitrogens is 2. The molecule has 1 N–H and O–H groups in total. The van der Waals surface area contributed by atoms with Crippen molar-refractivity contribution in [3.63, 3.8) is 0 Å². The average molecular weight is 416 g/mol. The highest BCUT2D eigenvalue weighted by Crippen LogP contribution is 2.38. The predicted molar refractivity (Wildman–Crippen MR) is 111 cm³/mol. The van der Waals surface area contributed by atoms with Crippen molar-refractivity contribution < 1.29 is 9.47 Å². The summed E-state index contributed by atoms with van der Waals surface area (Å²) >= 11 is 12.4. The zero-order valence-corrected chi connectivity index (χ0v) is 16.7. The highest BCUT2D eigenvalue weighted by atomic mass is 35.5. The SMILES string of the molecule is Clc1ccc(-c2nn(-c3ccc4c(c3)OCCO4)c3c2CCCCN3)cc1Cl. The highest BCUT2D eigenvalue weighted by Gasteiger charge is 2.23. The Morgan fingerprint density at radius 1 is 0.929 bits per heavy atom. The van der Waals surface area contributed by atoms with Gasteiger partial charge in [0.05, 0.1) is 21.4 Å². The van der Waals surface area contributed by atoms with Crippen LogP contribution in [0.15, 0.2) is 36.4 Å². The molecular formula is C21H19Cl2N3O2. The monoisotopic (exact) mass is 415 g/mol. The number of hydrogen-bond donors (Lipinski definition) is 1. The van der Waals surface area contributed by atoms with E-state index in [2.05, 4.69) is 5.32 Å². The molecule has 7 heteroatoms. The molecule has 0 aliphatic carbocycles. The summed E-state index contributed by atoms with van der Waals surface area (Å²) in [7, 11) is 0. The summed E-state index contributed by atoms with van der Waals surface area (Å²) in [6, 6.07) is 11.6. The van der Waals surface area contributed by atoms with E-state index in [4.69, 9.17) is 37.8 Å². The van der Waals surface area contributed by atoms with Crippen molar-refractivity contribution in [1.82, 2.24) is 9.78 Å². The number of benzene rings is 2. The molecule has 0 saturated heterocycles. The van der Waals surface area contributed by atoms with Gasteiger partial charge in [-0.05, 0) is 43.5 Å². The van der Waals surface area contributed by atoms with Crippen LogP contribution in [0, 0.1) is 0 Å². The number of anilines is 1. The van der Waals surface area contributed by atoms with Crippen LogP contribution in [0.2, 0.25) is 10.0 Å². The molecule has 28 heavy (non-hydrogen) atoms. The van der Waals surface area contributed by atoms with Crippen molar-refractivity contribution in [1.29, 1.82) is 0 Å². The third-order valence-electron chi connectivity index (χ3n) is 5.09. The van der Waals surface area contributed by atoms with E-state index in [-0.39, 0.29) is 0 Å². The molecule has 0 radical (unpaired) electrons. The highest BCUT2D eigenvalue weighted by molar-refractivity contribution is 6.42. The van der Waals surface area contributed by atoms with Crippen LogP contribution in [0.4, 0.5) is 5.82 Å². The first-order valence-electron chi connectivity index (χ1n) is 9.42. The van der Waals surface area contributed by atoms with E-state index in [0.29, 0.717) is 23.3 Å². The standard InChI is InChI=1S/C21H19Cl2N3O2/c22-16-6-4-13(11-17(16)23)20-15-3-1-2-8-24-21(15)26(25-20)14-5-7-18-19(12-14)28-10-9-27-18/h4-7,11-12,24H,1-3,8-10H2. The Hall–Kier alpha value is -2.37. The van der Waals surface area contributed by atoms with Crippen LogP contribution in [-0.4, -0.2) is 29.5 Å². The summed E-state index contributed by atoms with van der Waals surface area (Å²) in [6.07, 6.45) is 3.19. The van der Waals surface area contributed by atoms with E-state index in [1.54, 1.807) is 0 Å². The van der Waals surface area contributed by atoms with Gasteiger partial charge in [0, 0.05) is 23.7 Å². The van der Waals surface area contributed by atoms with Crippen molar-refractivity contribution in [2.75, 3.05) is 25.1 Å². The third-order valence-corrected chi connectivity index (χ3v) is 5.83. The van der Waals surface area contributed by atoms with Gasteiger partial charge in [0.2, 0.25) is 0 Å². The van der Waals surface area contributed by atoms with E-state index in [9.17, 15) is 0 Å². The molecule has 5 nitrogen and oxygen atoms in total. The van der Waals surface area contributed by atoms with Crippen LogP contribution in [-0.2, 0) is 6.42 Å². The average Bonchev–Trinajstić information content (AvgIpc) is 2.91. The number of halogens is 2. The second kappa shape index (κ2) is 7.22. The van der Waals surface area contributed by atoms with E-state index in [1.165, 1.54) is 5.56 Å². The van der Waals surface area contributed by atoms with Crippen LogP contribution >= 0.6 is 23.2 Å². The van der Waals surface area contributed by atoms with Crippen LogP contribution in [0.3, 0.4) is 0 Å². The number of rotatable bonds is 2. The van der Waals surface area contributed by atoms with Crippen molar-refractivity contribution in [2.24, 2.45) is 0 Å². The van der Waals surface area contributed by atoms with Gasteiger partial charge in [-0.15, -0.1) is 0 Å². The fourth-order valence-corrected chi connectivity index (χ4v) is 4.03. The summed E-state index contributed by atoms with van der Waals surface area (Å²) in [5.74, 6) is 2.54. The lowest BCUT2D eigenvalue weighted by atomic mass is 10.0. The Labute approximate surface area is 173 Å². The zero-order chi connectivity index (χ0) is 19.1. The molecule has 0 fully saturated rings. The largest absolute Gasteiger partial charge is 0.486 e. The molecule has 0 unspecified atom stereocenters. The minimum Gasteiger partial charge on any atom is -0.486 e. The van der Waals surface area contributed by atoms with E-state index < -0.39 is 0 Å². The minimum atomic E-state index is 0.531. The van der Waals surface area contributed by atoms with Crippen LogP contribution < -0.4 is 14.8 Å². The predicted octanol–water partition coefficient (Wildman–Crippen LogP) is 5.37. The molecule has 0 atom stereocenters. The van der Waals surface area contributed by atoms with Gasteiger partial charge in [0.1, 0.15) is 19.0 Å². The molecule has 0 amide bonds. The molecule has 3 aromatic rings. The maximum Gasteiger partial charge on any atom is 0.163 e. The first-order chi connectivity index (χ1) is 13.7. The Balaban J connectivity index is 1.66. The molecular weight excluding hydrogens is 397 g/mol. The topological polar surface area (TPSA) is 48.3 Å². The molecule has 2 aromatic carbocycles. The van der Waals surface area contributed by atoms with Crippen molar-refractivity contribution in [2.45, 2.75) is 19.3 Å². The first-order valence-corrected chi connectivity index (χ1v) is 10.2. The molecule has 0 spiro atoms. The van der Waals surface area contributed by atoms with Gasteiger partial charge in [-0.1, -0.05) is 29.3 Å². The third kappa shape index (κ3) is 3.09. The second-order valence-electron chi connectivity index (χ2n) is 6.93. The van der Waals surface area contributed by atoms with E-state index >= 15 is 0 Å². The second-order valence-corrected chi connectivity index (χ2v) is 7.74. The number of nitrogens with zero attached hydrogens (tertiary/aromatic N) is 2. The lowest BCUT2D eigenvalue weighted by molar-refractivity contribution is 0.171. The minimum absolute atomic E-state index is 0.531. The van der Waals surface area contributed by atoms with E-state index in [0.717, 1.165) is 60.1 Å². The number of hydrogen-bond acceptors (Lipinski definition) is 4. The molecule has 144 valence electrons. The lowest BCUT2D eigenvalue weighted by Crippen LogP contribution is -2.15. The van der Waals surface area contributed by atoms with Crippen LogP contribution in [0.25, 0.3) is 16.9 Å². The van der Waals surface area contributed by atoms with Gasteiger partial charge in [-0.3, -0.25) is 0 Å². The summed E-state index contributed by atoms with van der Waals surface area (Å²) in [6.45, 7) is 2.05. The molecule has 2 aliphatic heterocycles. The normalized spacial score (nSPS) is 15.5. The molecule has 5 rings (SSSR count). The summed E-state index contributed by atoms with van der Waals surface area (Å²) in [5.41, 5.74) is 4.02. The summed E-state index contributed by atoms with van der Waals surface area (Å²) in [4.78, 5) is 0. The first kappa shape index (κ1) is 17.7. The molecule has 2 aliphatic rings. The Morgan fingerprint density at radius 3 is 2.64 bits per heavy atom. The van der Waals surface area contributed by atoms with E-state index in [1.807, 2.05) is 41.1 Å². The molecule has 1 aromatic heterocycles. The summed E-state index contributed by atoms with van der Waals surface area (Å²) in [5, 5.41) is 9.58. The van der Waals surface area contributed by atoms with Crippen LogP contribution in [0.1, 0.15) is 18.4 Å². The van der Waals surface area contributed by atoms with Gasteiger partial charge in [0.15, 0.2) is 11.5 Å². The lowest BCUT2D eigenvalue weighted by Gasteiger charge is -2.19. The number of ether oxygens (including phenoxy) is 2. The molecule has 3 heterocycles. The number of fused-ring (bicyclic) bond motifs is 2. The number of nitrogens with one attached hydrogen (secondary N) is 1. The van der Waals surface area contributed by atoms with Gasteiger partial charge in [0.25, 0.3) is 0 Å². The fourth-order valence-electron chi connectivity index (χ4n) is 3.73. The van der Waals surface area contributed by atoms with Crippen molar-refractivity contribution in [3.05, 3.63) is 52.0 Å². The smallest absolute Gasteiger partial charge is 0.163 e. The quantitative estimate of drug-likeness (QED) is 0.611. The Bertz CT molecular complexity index is 1050. The Kier molecular flexibility index (Phi) is 4.57. The zero-order valence-electron chi connectivity index (χ0n) is 15.2. The fraction of sp³-hybridized carbons (Fsp3) is 0.286. The molecule has 0 bridgehead atoms. The van der Waals surface area contributed by atoms with Crippen molar-refractivity contribution in [3.8, 4) is 28.4 Å². The van der Waals surface area contributed by atoms with Gasteiger partial charge >= 0.3 is 0 Å². The maximum absolute atomic E-state index is 6.27. The van der Waals surface area contributed by atoms with Crippen molar-refractivity contribution >= 4 is 29.0 Å². The summed E-state index contributed by atoms with van der Waals surface area (Å²) < 4.78 is 13.4. The van der Waals surface area contributed by atoms with Gasteiger partial charge < -0.3 is 14.8 Å². The van der Waals surface area contributed by atoms with Gasteiger partial charge in [-0.25, -0.2) is 4.68 Å². The van der Waals surface area contributed by atoms with Gasteiger partial charge in [-0.2, -0.15) is 5.10 Å². The van der Waals surface area contributed by atoms with Crippen LogP contribution in [0.5, 0.6) is 11.5 Å².